The normalized spacial score (nSPS) is 21.6. The molecule has 2 fully saturated rings. The molecule has 2 aliphatic heterocycles. The SMILES string of the molecule is O=C(c1ccc2oc3ccccc3c2c1)C1CC2CCCC(C1)N2C(=O)OCC1c2ccccc2-c2ccccc21. The molecule has 204 valence electrons. The van der Waals surface area contributed by atoms with Gasteiger partial charge in [-0.3, -0.25) is 4.79 Å². The van der Waals surface area contributed by atoms with Crippen molar-refractivity contribution in [2.24, 2.45) is 5.92 Å². The van der Waals surface area contributed by atoms with E-state index < -0.39 is 0 Å². The topological polar surface area (TPSA) is 59.8 Å². The molecule has 5 nitrogen and oxygen atoms in total. The van der Waals surface area contributed by atoms with E-state index in [0.29, 0.717) is 19.4 Å². The maximum absolute atomic E-state index is 13.8. The number of Topliss-reactive ketones (excluding diaryl/α,β-unsaturated/α-hetero) is 1. The molecule has 0 N–H and O–H groups in total. The Morgan fingerprint density at radius 2 is 1.39 bits per heavy atom. The minimum atomic E-state index is -0.237. The average molecular weight is 542 g/mol. The summed E-state index contributed by atoms with van der Waals surface area (Å²) in [6, 6.07) is 30.6. The summed E-state index contributed by atoms with van der Waals surface area (Å²) in [4.78, 5) is 29.3. The van der Waals surface area contributed by atoms with Crippen molar-refractivity contribution in [3.05, 3.63) is 108 Å². The zero-order valence-corrected chi connectivity index (χ0v) is 22.8. The standard InChI is InChI=1S/C36H31NO4/c38-35(22-16-17-34-31(20-22)30-14-5-6-15-33(30)41-34)23-18-24-8-7-9-25(19-23)37(24)36(39)40-21-32-28-12-3-1-10-26(28)27-11-2-4-13-29(27)32/h1-6,10-17,20,23-25,32H,7-9,18-19,21H2. The first-order chi connectivity index (χ1) is 20.2. The highest BCUT2D eigenvalue weighted by molar-refractivity contribution is 6.09. The van der Waals surface area contributed by atoms with Gasteiger partial charge in [-0.2, -0.15) is 0 Å². The van der Waals surface area contributed by atoms with Gasteiger partial charge in [-0.05, 0) is 78.6 Å². The van der Waals surface area contributed by atoms with Crippen molar-refractivity contribution in [3.8, 4) is 11.1 Å². The van der Waals surface area contributed by atoms with Gasteiger partial charge in [0, 0.05) is 40.3 Å². The minimum absolute atomic E-state index is 0.0330. The zero-order chi connectivity index (χ0) is 27.5. The Kier molecular flexibility index (Phi) is 5.73. The summed E-state index contributed by atoms with van der Waals surface area (Å²) in [7, 11) is 0. The Balaban J connectivity index is 0.996. The van der Waals surface area contributed by atoms with Crippen LogP contribution in [0.25, 0.3) is 33.1 Å². The van der Waals surface area contributed by atoms with Crippen molar-refractivity contribution < 1.29 is 18.7 Å². The quantitative estimate of drug-likeness (QED) is 0.215. The van der Waals surface area contributed by atoms with Gasteiger partial charge in [-0.25, -0.2) is 4.79 Å². The number of para-hydroxylation sites is 1. The van der Waals surface area contributed by atoms with Crippen LogP contribution in [0, 0.1) is 5.92 Å². The highest BCUT2D eigenvalue weighted by atomic mass is 16.6. The first kappa shape index (κ1) is 24.4. The summed E-state index contributed by atoms with van der Waals surface area (Å²) in [5.74, 6) is 0.110. The first-order valence-corrected chi connectivity index (χ1v) is 14.7. The second-order valence-corrected chi connectivity index (χ2v) is 11.8. The van der Waals surface area contributed by atoms with Crippen molar-refractivity contribution in [2.45, 2.75) is 50.1 Å². The molecule has 2 unspecified atom stereocenters. The van der Waals surface area contributed by atoms with E-state index in [9.17, 15) is 9.59 Å². The smallest absolute Gasteiger partial charge is 0.410 e. The predicted octanol–water partition coefficient (Wildman–Crippen LogP) is 8.35. The Morgan fingerprint density at radius 3 is 2.12 bits per heavy atom. The Hall–Kier alpha value is -4.38. The lowest BCUT2D eigenvalue weighted by Crippen LogP contribution is -2.55. The number of carbonyl (C=O) groups is 2. The van der Waals surface area contributed by atoms with Gasteiger partial charge >= 0.3 is 6.09 Å². The largest absolute Gasteiger partial charge is 0.456 e. The van der Waals surface area contributed by atoms with Crippen molar-refractivity contribution in [1.29, 1.82) is 0 Å². The van der Waals surface area contributed by atoms with E-state index in [-0.39, 0.29) is 35.8 Å². The van der Waals surface area contributed by atoms with Crippen LogP contribution in [0.4, 0.5) is 4.79 Å². The number of ether oxygens (including phenoxy) is 1. The molecule has 4 aromatic carbocycles. The molecule has 8 rings (SSSR count). The molecule has 2 bridgehead atoms. The van der Waals surface area contributed by atoms with Gasteiger partial charge < -0.3 is 14.1 Å². The maximum atomic E-state index is 13.8. The summed E-state index contributed by atoms with van der Waals surface area (Å²) in [5.41, 5.74) is 7.23. The molecule has 0 radical (unpaired) electrons. The molecule has 2 saturated heterocycles. The van der Waals surface area contributed by atoms with Gasteiger partial charge in [0.2, 0.25) is 0 Å². The van der Waals surface area contributed by atoms with Gasteiger partial charge in [0.15, 0.2) is 5.78 Å². The lowest BCUT2D eigenvalue weighted by atomic mass is 9.76. The summed E-state index contributed by atoms with van der Waals surface area (Å²) in [6.07, 6.45) is 4.04. The molecule has 0 saturated carbocycles. The molecule has 5 aromatic rings. The van der Waals surface area contributed by atoms with Crippen molar-refractivity contribution >= 4 is 33.8 Å². The lowest BCUT2D eigenvalue weighted by molar-refractivity contribution is 0.00651. The van der Waals surface area contributed by atoms with Crippen molar-refractivity contribution in [2.75, 3.05) is 6.61 Å². The number of hydrogen-bond donors (Lipinski definition) is 0. The van der Waals surface area contributed by atoms with Crippen LogP contribution in [-0.4, -0.2) is 35.5 Å². The number of ketones is 1. The third kappa shape index (κ3) is 3.98. The number of benzene rings is 4. The fourth-order valence-corrected chi connectivity index (χ4v) is 7.68. The number of hydrogen-bond acceptors (Lipinski definition) is 4. The average Bonchev–Trinajstić information content (AvgIpc) is 3.54. The van der Waals surface area contributed by atoms with Crippen LogP contribution in [0.15, 0.2) is 95.4 Å². The fourth-order valence-electron chi connectivity index (χ4n) is 7.68. The number of rotatable bonds is 4. The first-order valence-electron chi connectivity index (χ1n) is 14.7. The third-order valence-corrected chi connectivity index (χ3v) is 9.55. The second kappa shape index (κ2) is 9.62. The summed E-state index contributed by atoms with van der Waals surface area (Å²) < 4.78 is 12.0. The minimum Gasteiger partial charge on any atom is -0.456 e. The van der Waals surface area contributed by atoms with Crippen molar-refractivity contribution in [1.82, 2.24) is 4.90 Å². The molecule has 5 heteroatoms. The zero-order valence-electron chi connectivity index (χ0n) is 22.8. The summed E-state index contributed by atoms with van der Waals surface area (Å²) in [6.45, 7) is 0.323. The van der Waals surface area contributed by atoms with E-state index in [2.05, 4.69) is 48.5 Å². The molecule has 1 aromatic heterocycles. The van der Waals surface area contributed by atoms with E-state index >= 15 is 0 Å². The Morgan fingerprint density at radius 1 is 0.756 bits per heavy atom. The van der Waals surface area contributed by atoms with Crippen molar-refractivity contribution in [3.63, 3.8) is 0 Å². The van der Waals surface area contributed by atoms with Crippen LogP contribution in [0.5, 0.6) is 0 Å². The molecular weight excluding hydrogens is 510 g/mol. The maximum Gasteiger partial charge on any atom is 0.410 e. The third-order valence-electron chi connectivity index (χ3n) is 9.55. The van der Waals surface area contributed by atoms with Gasteiger partial charge in [0.25, 0.3) is 0 Å². The lowest BCUT2D eigenvalue weighted by Gasteiger charge is -2.47. The molecule has 0 spiro atoms. The van der Waals surface area contributed by atoms with Gasteiger partial charge in [0.1, 0.15) is 17.8 Å². The molecule has 1 aliphatic carbocycles. The molecule has 2 atom stereocenters. The van der Waals surface area contributed by atoms with E-state index in [1.54, 1.807) is 0 Å². The number of nitrogens with zero attached hydrogens (tertiary/aromatic N) is 1. The Labute approximate surface area is 238 Å². The molecule has 1 amide bonds. The van der Waals surface area contributed by atoms with Crippen LogP contribution in [0.2, 0.25) is 0 Å². The number of fused-ring (bicyclic) bond motifs is 8. The number of furan rings is 1. The van der Waals surface area contributed by atoms with Gasteiger partial charge in [-0.15, -0.1) is 0 Å². The fraction of sp³-hybridized carbons (Fsp3) is 0.278. The van der Waals surface area contributed by atoms with Gasteiger partial charge in [-0.1, -0.05) is 66.7 Å². The molecule has 3 heterocycles. The molecule has 3 aliphatic rings. The van der Waals surface area contributed by atoms with E-state index in [1.165, 1.54) is 22.3 Å². The summed E-state index contributed by atoms with van der Waals surface area (Å²) in [5, 5.41) is 2.00. The van der Waals surface area contributed by atoms with Gasteiger partial charge in [0.05, 0.1) is 0 Å². The van der Waals surface area contributed by atoms with Crippen LogP contribution >= 0.6 is 0 Å². The number of piperidine rings is 2. The number of amides is 1. The van der Waals surface area contributed by atoms with Crippen LogP contribution in [-0.2, 0) is 4.74 Å². The van der Waals surface area contributed by atoms with Crippen LogP contribution in [0.1, 0.15) is 59.5 Å². The number of carbonyl (C=O) groups excluding carboxylic acids is 2. The second-order valence-electron chi connectivity index (χ2n) is 11.8. The van der Waals surface area contributed by atoms with E-state index in [4.69, 9.17) is 9.15 Å². The molecular formula is C36H31NO4. The monoisotopic (exact) mass is 541 g/mol. The predicted molar refractivity (Wildman–Crippen MR) is 159 cm³/mol. The van der Waals surface area contributed by atoms with E-state index in [1.807, 2.05) is 47.4 Å². The highest BCUT2D eigenvalue weighted by Gasteiger charge is 2.44. The van der Waals surface area contributed by atoms with Crippen LogP contribution < -0.4 is 0 Å². The summed E-state index contributed by atoms with van der Waals surface area (Å²) >= 11 is 0. The van der Waals surface area contributed by atoms with Crippen LogP contribution in [0.3, 0.4) is 0 Å². The van der Waals surface area contributed by atoms with E-state index in [0.717, 1.165) is 46.8 Å². The highest BCUT2D eigenvalue weighted by Crippen LogP contribution is 2.45. The Bertz CT molecular complexity index is 1760. The molecule has 41 heavy (non-hydrogen) atoms.